The predicted octanol–water partition coefficient (Wildman–Crippen LogP) is 3.46. The smallest absolute Gasteiger partial charge is 0.408 e. The van der Waals surface area contributed by atoms with Crippen LogP contribution in [-0.4, -0.2) is 39.3 Å². The van der Waals surface area contributed by atoms with Crippen LogP contribution in [0.2, 0.25) is 0 Å². The summed E-state index contributed by atoms with van der Waals surface area (Å²) < 4.78 is 26.5. The van der Waals surface area contributed by atoms with Gasteiger partial charge in [-0.1, -0.05) is 0 Å². The van der Waals surface area contributed by atoms with Crippen LogP contribution in [-0.2, 0) is 11.2 Å². The summed E-state index contributed by atoms with van der Waals surface area (Å²) in [6.07, 6.45) is -1.45. The Balaban J connectivity index is 3.23. The molecular weight excluding hydrogens is 316 g/mol. The van der Waals surface area contributed by atoms with E-state index in [2.05, 4.69) is 0 Å². The maximum absolute atomic E-state index is 13.3. The van der Waals surface area contributed by atoms with E-state index in [0.29, 0.717) is 6.07 Å². The van der Waals surface area contributed by atoms with Gasteiger partial charge in [-0.3, -0.25) is 9.69 Å². The van der Waals surface area contributed by atoms with E-state index < -0.39 is 35.1 Å². The number of nitrogens with zero attached hydrogens (tertiary/aromatic N) is 1. The van der Waals surface area contributed by atoms with Crippen molar-refractivity contribution in [2.45, 2.75) is 38.8 Å². The maximum Gasteiger partial charge on any atom is 0.408 e. The monoisotopic (exact) mass is 333 g/mol. The molecule has 7 heteroatoms. The number of alkyl halides is 1. The lowest BCUT2D eigenvalue weighted by atomic mass is 9.96. The van der Waals surface area contributed by atoms with Crippen molar-refractivity contribution >= 4 is 23.5 Å². The fourth-order valence-electron chi connectivity index (χ4n) is 2.28. The standard InChI is InChI=1S/C15H18ClF2NO3/c1-15(2,3)19(14(21)22)12(13(20)8-16)6-9-4-10(17)7-11(18)5-9/h4-5,7,12H,6,8H2,1-3H3,(H,21,22)/t12-/m0/s1. The molecule has 1 rings (SSSR count). The first-order valence-corrected chi connectivity index (χ1v) is 7.15. The van der Waals surface area contributed by atoms with Crippen molar-refractivity contribution in [1.82, 2.24) is 4.90 Å². The van der Waals surface area contributed by atoms with Crippen molar-refractivity contribution in [3.63, 3.8) is 0 Å². The van der Waals surface area contributed by atoms with Crippen LogP contribution in [0.4, 0.5) is 13.6 Å². The van der Waals surface area contributed by atoms with E-state index in [1.165, 1.54) is 0 Å². The third-order valence-corrected chi connectivity index (χ3v) is 3.36. The summed E-state index contributed by atoms with van der Waals surface area (Å²) in [5.41, 5.74) is -0.680. The summed E-state index contributed by atoms with van der Waals surface area (Å²) in [5, 5.41) is 9.39. The van der Waals surface area contributed by atoms with Gasteiger partial charge >= 0.3 is 6.09 Å². The Labute approximate surface area is 132 Å². The van der Waals surface area contributed by atoms with Gasteiger partial charge in [-0.15, -0.1) is 11.6 Å². The van der Waals surface area contributed by atoms with Gasteiger partial charge in [-0.2, -0.15) is 0 Å². The summed E-state index contributed by atoms with van der Waals surface area (Å²) in [6, 6.07) is 1.73. The number of hydrogen-bond acceptors (Lipinski definition) is 2. The SMILES string of the molecule is CC(C)(C)N(C(=O)O)[C@@H](Cc1cc(F)cc(F)c1)C(=O)CCl. The second-order valence-electron chi connectivity index (χ2n) is 5.92. The summed E-state index contributed by atoms with van der Waals surface area (Å²) >= 11 is 5.56. The van der Waals surface area contributed by atoms with Crippen LogP contribution in [0.15, 0.2) is 18.2 Å². The molecule has 0 radical (unpaired) electrons. The minimum Gasteiger partial charge on any atom is -0.465 e. The lowest BCUT2D eigenvalue weighted by Crippen LogP contribution is -2.55. The molecule has 0 aliphatic rings. The van der Waals surface area contributed by atoms with Crippen LogP contribution in [0, 0.1) is 11.6 Å². The zero-order valence-corrected chi connectivity index (χ0v) is 13.3. The fraction of sp³-hybridized carbons (Fsp3) is 0.467. The zero-order chi connectivity index (χ0) is 17.1. The highest BCUT2D eigenvalue weighted by atomic mass is 35.5. The highest BCUT2D eigenvalue weighted by Gasteiger charge is 2.37. The molecule has 1 N–H and O–H groups in total. The van der Waals surface area contributed by atoms with Crippen molar-refractivity contribution in [2.75, 3.05) is 5.88 Å². The lowest BCUT2D eigenvalue weighted by Gasteiger charge is -2.38. The highest BCUT2D eigenvalue weighted by molar-refractivity contribution is 6.28. The van der Waals surface area contributed by atoms with Crippen molar-refractivity contribution < 1.29 is 23.5 Å². The van der Waals surface area contributed by atoms with Crippen LogP contribution in [0.3, 0.4) is 0 Å². The normalized spacial score (nSPS) is 12.8. The van der Waals surface area contributed by atoms with Gasteiger partial charge in [0.05, 0.1) is 11.9 Å². The molecule has 0 aliphatic heterocycles. The summed E-state index contributed by atoms with van der Waals surface area (Å²) in [6.45, 7) is 4.88. The lowest BCUT2D eigenvalue weighted by molar-refractivity contribution is -0.123. The molecule has 1 aromatic rings. The molecule has 0 bridgehead atoms. The van der Waals surface area contributed by atoms with Crippen molar-refractivity contribution in [1.29, 1.82) is 0 Å². The van der Waals surface area contributed by atoms with Gasteiger partial charge < -0.3 is 5.11 Å². The minimum atomic E-state index is -1.30. The van der Waals surface area contributed by atoms with Crippen LogP contribution in [0.1, 0.15) is 26.3 Å². The topological polar surface area (TPSA) is 57.6 Å². The average molecular weight is 334 g/mol. The minimum absolute atomic E-state index is 0.149. The summed E-state index contributed by atoms with van der Waals surface area (Å²) in [4.78, 5) is 24.5. The van der Waals surface area contributed by atoms with E-state index in [0.717, 1.165) is 17.0 Å². The van der Waals surface area contributed by atoms with E-state index in [1.54, 1.807) is 20.8 Å². The number of amides is 1. The third kappa shape index (κ3) is 4.66. The molecular formula is C15H18ClF2NO3. The first kappa shape index (κ1) is 18.4. The molecule has 1 amide bonds. The number of rotatable bonds is 5. The second-order valence-corrected chi connectivity index (χ2v) is 6.19. The summed E-state index contributed by atoms with van der Waals surface area (Å²) in [7, 11) is 0. The van der Waals surface area contributed by atoms with E-state index >= 15 is 0 Å². The molecule has 0 spiro atoms. The van der Waals surface area contributed by atoms with Crippen LogP contribution >= 0.6 is 11.6 Å². The molecule has 0 saturated heterocycles. The van der Waals surface area contributed by atoms with Gasteiger partial charge in [0.25, 0.3) is 0 Å². The number of hydrogen-bond donors (Lipinski definition) is 1. The Morgan fingerprint density at radius 3 is 2.09 bits per heavy atom. The first-order chi connectivity index (χ1) is 10.1. The van der Waals surface area contributed by atoms with Crippen molar-refractivity contribution in [3.05, 3.63) is 35.4 Å². The van der Waals surface area contributed by atoms with Crippen LogP contribution < -0.4 is 0 Å². The van der Waals surface area contributed by atoms with E-state index in [9.17, 15) is 23.5 Å². The van der Waals surface area contributed by atoms with Gasteiger partial charge in [0.2, 0.25) is 0 Å². The Morgan fingerprint density at radius 1 is 1.23 bits per heavy atom. The molecule has 1 atom stereocenters. The van der Waals surface area contributed by atoms with E-state index in [4.69, 9.17) is 11.6 Å². The molecule has 0 heterocycles. The van der Waals surface area contributed by atoms with Gasteiger partial charge in [0.15, 0.2) is 5.78 Å². The highest BCUT2D eigenvalue weighted by Crippen LogP contribution is 2.22. The quantitative estimate of drug-likeness (QED) is 0.839. The van der Waals surface area contributed by atoms with E-state index in [-0.39, 0.29) is 17.9 Å². The van der Waals surface area contributed by atoms with Crippen LogP contribution in [0.5, 0.6) is 0 Å². The molecule has 0 saturated carbocycles. The van der Waals surface area contributed by atoms with Gasteiger partial charge in [-0.05, 0) is 38.5 Å². The number of Topliss-reactive ketones (excluding diaryl/α,β-unsaturated/α-hetero) is 1. The van der Waals surface area contributed by atoms with Crippen molar-refractivity contribution in [3.8, 4) is 0 Å². The van der Waals surface area contributed by atoms with E-state index in [1.807, 2.05) is 0 Å². The maximum atomic E-state index is 13.3. The first-order valence-electron chi connectivity index (χ1n) is 6.62. The average Bonchev–Trinajstić information content (AvgIpc) is 2.33. The second kappa shape index (κ2) is 7.05. The largest absolute Gasteiger partial charge is 0.465 e. The van der Waals surface area contributed by atoms with Crippen molar-refractivity contribution in [2.24, 2.45) is 0 Å². The number of benzene rings is 1. The van der Waals surface area contributed by atoms with Crippen LogP contribution in [0.25, 0.3) is 0 Å². The number of carbonyl (C=O) groups is 2. The number of ketones is 1. The number of carbonyl (C=O) groups excluding carboxylic acids is 1. The molecule has 0 aromatic heterocycles. The van der Waals surface area contributed by atoms with Gasteiger partial charge in [0.1, 0.15) is 11.6 Å². The predicted molar refractivity (Wildman–Crippen MR) is 79.2 cm³/mol. The van der Waals surface area contributed by atoms with Gasteiger partial charge in [-0.25, -0.2) is 13.6 Å². The molecule has 4 nitrogen and oxygen atoms in total. The number of halogens is 3. The third-order valence-electron chi connectivity index (χ3n) is 3.10. The fourth-order valence-corrected chi connectivity index (χ4v) is 2.46. The molecule has 122 valence electrons. The molecule has 22 heavy (non-hydrogen) atoms. The molecule has 0 fully saturated rings. The molecule has 0 unspecified atom stereocenters. The Morgan fingerprint density at radius 2 is 1.73 bits per heavy atom. The Bertz CT molecular complexity index is 552. The molecule has 0 aliphatic carbocycles. The van der Waals surface area contributed by atoms with Gasteiger partial charge in [0, 0.05) is 18.0 Å². The zero-order valence-electron chi connectivity index (χ0n) is 12.6. The summed E-state index contributed by atoms with van der Waals surface area (Å²) in [5.74, 6) is -2.49. The molecule has 1 aromatic carbocycles. The Kier molecular flexibility index (Phi) is 5.88. The number of carboxylic acid groups (broad SMARTS) is 1. The Hall–Kier alpha value is -1.69.